The molecule has 1 saturated heterocycles. The Labute approximate surface area is 151 Å². The standard InChI is InChI=1S/C17H22ClN3O4/c1-2-23-15(22)13-9-19-16(18)21-14(13)20-12-5-10-7-17(8-11(10)6-12)24-3-4-25-17/h9-12H,2-8H2,1H3,(H,19,20,21)/t10-,11+,12?. The molecule has 136 valence electrons. The molecule has 0 bridgehead atoms. The number of carbonyl (C=O) groups is 1. The summed E-state index contributed by atoms with van der Waals surface area (Å²) >= 11 is 5.91. The largest absolute Gasteiger partial charge is 0.462 e. The average Bonchev–Trinajstić information content (AvgIpc) is 3.24. The van der Waals surface area contributed by atoms with Crippen LogP contribution in [0.1, 0.15) is 43.0 Å². The van der Waals surface area contributed by atoms with Crippen LogP contribution in [0.2, 0.25) is 5.28 Å². The molecule has 0 radical (unpaired) electrons. The molecule has 7 nitrogen and oxygen atoms in total. The molecule has 4 rings (SSSR count). The summed E-state index contributed by atoms with van der Waals surface area (Å²) < 4.78 is 16.8. The summed E-state index contributed by atoms with van der Waals surface area (Å²) in [5.41, 5.74) is 0.322. The van der Waals surface area contributed by atoms with Gasteiger partial charge in [0.2, 0.25) is 5.28 Å². The first-order valence-electron chi connectivity index (χ1n) is 8.82. The number of nitrogens with zero attached hydrogens (tertiary/aromatic N) is 2. The molecule has 8 heteroatoms. The maximum absolute atomic E-state index is 12.1. The van der Waals surface area contributed by atoms with Crippen LogP contribution in [0.5, 0.6) is 0 Å². The van der Waals surface area contributed by atoms with E-state index in [2.05, 4.69) is 15.3 Å². The highest BCUT2D eigenvalue weighted by atomic mass is 35.5. The van der Waals surface area contributed by atoms with Crippen LogP contribution in [0.15, 0.2) is 6.20 Å². The van der Waals surface area contributed by atoms with Crippen LogP contribution in [0.25, 0.3) is 0 Å². The summed E-state index contributed by atoms with van der Waals surface area (Å²) in [6.07, 6.45) is 5.32. The average molecular weight is 368 g/mol. The van der Waals surface area contributed by atoms with Gasteiger partial charge < -0.3 is 19.5 Å². The summed E-state index contributed by atoms with van der Waals surface area (Å²) in [4.78, 5) is 20.2. The number of fused-ring (bicyclic) bond motifs is 1. The molecule has 3 aliphatic rings. The molecule has 1 spiro atoms. The lowest BCUT2D eigenvalue weighted by molar-refractivity contribution is -0.155. The SMILES string of the molecule is CCOC(=O)c1cnc(Cl)nc1NC1C[C@@H]2CC3(C[C@@H]2C1)OCCO3. The maximum Gasteiger partial charge on any atom is 0.343 e. The summed E-state index contributed by atoms with van der Waals surface area (Å²) in [7, 11) is 0. The van der Waals surface area contributed by atoms with Gasteiger partial charge in [0.05, 0.1) is 19.8 Å². The van der Waals surface area contributed by atoms with Gasteiger partial charge in [0.25, 0.3) is 0 Å². The van der Waals surface area contributed by atoms with Crippen LogP contribution in [0.3, 0.4) is 0 Å². The smallest absolute Gasteiger partial charge is 0.343 e. The van der Waals surface area contributed by atoms with Crippen LogP contribution >= 0.6 is 11.6 Å². The van der Waals surface area contributed by atoms with Gasteiger partial charge in [0, 0.05) is 25.1 Å². The molecule has 3 atom stereocenters. The maximum atomic E-state index is 12.1. The van der Waals surface area contributed by atoms with Crippen molar-refractivity contribution in [2.45, 2.75) is 44.4 Å². The molecule has 0 amide bonds. The lowest BCUT2D eigenvalue weighted by Gasteiger charge is -2.24. The summed E-state index contributed by atoms with van der Waals surface area (Å²) in [5, 5.41) is 3.49. The normalized spacial score (nSPS) is 29.8. The zero-order chi connectivity index (χ0) is 17.4. The minimum Gasteiger partial charge on any atom is -0.462 e. The molecule has 25 heavy (non-hydrogen) atoms. The topological polar surface area (TPSA) is 82.6 Å². The molecular weight excluding hydrogens is 346 g/mol. The van der Waals surface area contributed by atoms with Crippen LogP contribution in [0.4, 0.5) is 5.82 Å². The zero-order valence-electron chi connectivity index (χ0n) is 14.2. The van der Waals surface area contributed by atoms with Gasteiger partial charge >= 0.3 is 5.97 Å². The number of hydrogen-bond acceptors (Lipinski definition) is 7. The molecule has 0 aromatic carbocycles. The molecule has 1 aromatic heterocycles. The number of carbonyl (C=O) groups excluding carboxylic acids is 1. The van der Waals surface area contributed by atoms with E-state index in [-0.39, 0.29) is 17.1 Å². The van der Waals surface area contributed by atoms with Crippen molar-refractivity contribution in [2.75, 3.05) is 25.1 Å². The van der Waals surface area contributed by atoms with Gasteiger partial charge in [-0.3, -0.25) is 0 Å². The quantitative estimate of drug-likeness (QED) is 0.647. The van der Waals surface area contributed by atoms with E-state index in [0.29, 0.717) is 43.0 Å². The number of halogens is 1. The van der Waals surface area contributed by atoms with Crippen LogP contribution in [0, 0.1) is 11.8 Å². The van der Waals surface area contributed by atoms with E-state index < -0.39 is 5.97 Å². The fourth-order valence-corrected chi connectivity index (χ4v) is 4.60. The van der Waals surface area contributed by atoms with Crippen LogP contribution in [-0.4, -0.2) is 47.6 Å². The molecule has 1 unspecified atom stereocenters. The van der Waals surface area contributed by atoms with E-state index in [9.17, 15) is 4.79 Å². The lowest BCUT2D eigenvalue weighted by atomic mass is 10.0. The van der Waals surface area contributed by atoms with Crippen molar-refractivity contribution in [2.24, 2.45) is 11.8 Å². The van der Waals surface area contributed by atoms with Crippen molar-refractivity contribution in [1.82, 2.24) is 9.97 Å². The third-order valence-corrected chi connectivity index (χ3v) is 5.58. The number of anilines is 1. The van der Waals surface area contributed by atoms with E-state index in [1.807, 2.05) is 0 Å². The van der Waals surface area contributed by atoms with E-state index >= 15 is 0 Å². The van der Waals surface area contributed by atoms with E-state index in [1.54, 1.807) is 6.92 Å². The summed E-state index contributed by atoms with van der Waals surface area (Å²) in [6, 6.07) is 0.243. The Kier molecular flexibility index (Phi) is 4.56. The second kappa shape index (κ2) is 6.70. The Balaban J connectivity index is 1.44. The Bertz CT molecular complexity index is 649. The van der Waals surface area contributed by atoms with Crippen LogP contribution in [-0.2, 0) is 14.2 Å². The van der Waals surface area contributed by atoms with E-state index in [4.69, 9.17) is 25.8 Å². The van der Waals surface area contributed by atoms with Crippen molar-refractivity contribution < 1.29 is 19.0 Å². The van der Waals surface area contributed by atoms with Crippen molar-refractivity contribution in [3.63, 3.8) is 0 Å². The fourth-order valence-electron chi connectivity index (χ4n) is 4.47. The third kappa shape index (κ3) is 3.32. The third-order valence-electron chi connectivity index (χ3n) is 5.40. The molecule has 1 aromatic rings. The monoisotopic (exact) mass is 367 g/mol. The highest BCUT2D eigenvalue weighted by Crippen LogP contribution is 2.52. The highest BCUT2D eigenvalue weighted by Gasteiger charge is 2.52. The Morgan fingerprint density at radius 2 is 2.04 bits per heavy atom. The highest BCUT2D eigenvalue weighted by molar-refractivity contribution is 6.28. The lowest BCUT2D eigenvalue weighted by Crippen LogP contribution is -2.29. The number of rotatable bonds is 4. The number of ether oxygens (including phenoxy) is 3. The van der Waals surface area contributed by atoms with Gasteiger partial charge in [0.1, 0.15) is 11.4 Å². The summed E-state index contributed by atoms with van der Waals surface area (Å²) in [5.74, 6) is 0.810. The molecule has 1 aliphatic heterocycles. The van der Waals surface area contributed by atoms with E-state index in [0.717, 1.165) is 25.7 Å². The second-order valence-electron chi connectivity index (χ2n) is 6.97. The van der Waals surface area contributed by atoms with Crippen molar-refractivity contribution >= 4 is 23.4 Å². The van der Waals surface area contributed by atoms with Gasteiger partial charge in [-0.15, -0.1) is 0 Å². The van der Waals surface area contributed by atoms with E-state index in [1.165, 1.54) is 6.20 Å². The predicted molar refractivity (Wildman–Crippen MR) is 90.5 cm³/mol. The minimum absolute atomic E-state index is 0.112. The molecule has 3 fully saturated rings. The van der Waals surface area contributed by atoms with Gasteiger partial charge in [-0.2, -0.15) is 4.98 Å². The van der Waals surface area contributed by atoms with Gasteiger partial charge in [0.15, 0.2) is 5.79 Å². The zero-order valence-corrected chi connectivity index (χ0v) is 14.9. The van der Waals surface area contributed by atoms with Gasteiger partial charge in [-0.1, -0.05) is 0 Å². The first-order chi connectivity index (χ1) is 12.1. The molecule has 2 saturated carbocycles. The Hall–Kier alpha value is -1.44. The number of aromatic nitrogens is 2. The predicted octanol–water partition coefficient (Wildman–Crippen LogP) is 2.65. The van der Waals surface area contributed by atoms with Gasteiger partial charge in [-0.05, 0) is 43.2 Å². The number of esters is 1. The molecular formula is C17H22ClN3O4. The first-order valence-corrected chi connectivity index (χ1v) is 9.20. The molecule has 2 aliphatic carbocycles. The Morgan fingerprint density at radius 1 is 1.36 bits per heavy atom. The molecule has 1 N–H and O–H groups in total. The number of hydrogen-bond donors (Lipinski definition) is 1. The summed E-state index contributed by atoms with van der Waals surface area (Å²) in [6.45, 7) is 3.46. The Morgan fingerprint density at radius 3 is 2.68 bits per heavy atom. The van der Waals surface area contributed by atoms with Crippen molar-refractivity contribution in [3.05, 3.63) is 17.0 Å². The fraction of sp³-hybridized carbons (Fsp3) is 0.706. The van der Waals surface area contributed by atoms with Gasteiger partial charge in [-0.25, -0.2) is 9.78 Å². The minimum atomic E-state index is -0.438. The second-order valence-corrected chi connectivity index (χ2v) is 7.31. The number of nitrogens with one attached hydrogen (secondary N) is 1. The molecule has 2 heterocycles. The van der Waals surface area contributed by atoms with Crippen molar-refractivity contribution in [1.29, 1.82) is 0 Å². The van der Waals surface area contributed by atoms with Crippen LogP contribution < -0.4 is 5.32 Å². The van der Waals surface area contributed by atoms with Crippen molar-refractivity contribution in [3.8, 4) is 0 Å². The first kappa shape index (κ1) is 17.0.